The van der Waals surface area contributed by atoms with Crippen molar-refractivity contribution >= 4 is 21.7 Å². The molecule has 0 radical (unpaired) electrons. The molecular weight excluding hydrogens is 264 g/mol. The van der Waals surface area contributed by atoms with Gasteiger partial charge in [0.25, 0.3) is 0 Å². The topological polar surface area (TPSA) is 105 Å². The first kappa shape index (κ1) is 9.56. The van der Waals surface area contributed by atoms with E-state index < -0.39 is 0 Å². The molecule has 0 amide bonds. The Labute approximate surface area is 91.8 Å². The first-order valence-electron chi connectivity index (χ1n) is 3.74. The molecule has 2 rings (SSSR count). The lowest BCUT2D eigenvalue weighted by Crippen LogP contribution is -1.99. The molecule has 9 heteroatoms. The molecular formula is C6H3BrN8. The Morgan fingerprint density at radius 1 is 1.53 bits per heavy atom. The molecule has 0 atom stereocenters. The van der Waals surface area contributed by atoms with E-state index in [1.165, 1.54) is 23.5 Å². The predicted molar refractivity (Wildman–Crippen MR) is 53.5 cm³/mol. The molecule has 8 nitrogen and oxygen atoms in total. The van der Waals surface area contributed by atoms with Crippen molar-refractivity contribution in [2.24, 2.45) is 5.11 Å². The van der Waals surface area contributed by atoms with Crippen LogP contribution in [0.4, 0.5) is 5.82 Å². The largest absolute Gasteiger partial charge is 0.248 e. The van der Waals surface area contributed by atoms with Crippen LogP contribution in [0.15, 0.2) is 28.6 Å². The Morgan fingerprint density at radius 2 is 2.40 bits per heavy atom. The van der Waals surface area contributed by atoms with E-state index in [1.54, 1.807) is 0 Å². The number of aromatic nitrogens is 5. The quantitative estimate of drug-likeness (QED) is 0.469. The van der Waals surface area contributed by atoms with Crippen LogP contribution < -0.4 is 0 Å². The summed E-state index contributed by atoms with van der Waals surface area (Å²) in [5.74, 6) is 0.464. The van der Waals surface area contributed by atoms with Crippen LogP contribution in [0.1, 0.15) is 0 Å². The molecule has 0 saturated heterocycles. The molecule has 2 heterocycles. The molecule has 0 N–H and O–H groups in total. The highest BCUT2D eigenvalue weighted by Crippen LogP contribution is 2.19. The van der Waals surface area contributed by atoms with Crippen LogP contribution in [0.2, 0.25) is 0 Å². The van der Waals surface area contributed by atoms with Gasteiger partial charge in [0.05, 0.1) is 6.20 Å². The SMILES string of the molecule is [N-]=[N+]=Nc1ncc(Br)nc1-n1cncn1. The standard InChI is InChI=1S/C6H3BrN8/c7-4-1-10-5(13-14-8)6(12-4)15-3-9-2-11-15/h1-3H. The molecule has 0 aliphatic rings. The third-order valence-corrected chi connectivity index (χ3v) is 1.86. The lowest BCUT2D eigenvalue weighted by atomic mass is 10.6. The molecule has 0 fully saturated rings. The van der Waals surface area contributed by atoms with Crippen LogP contribution in [0.25, 0.3) is 16.3 Å². The summed E-state index contributed by atoms with van der Waals surface area (Å²) in [4.78, 5) is 14.4. The first-order chi connectivity index (χ1) is 7.31. The van der Waals surface area contributed by atoms with Gasteiger partial charge in [-0.15, -0.1) is 0 Å². The van der Waals surface area contributed by atoms with Gasteiger partial charge in [0.1, 0.15) is 17.3 Å². The van der Waals surface area contributed by atoms with Crippen LogP contribution in [0.3, 0.4) is 0 Å². The smallest absolute Gasteiger partial charge is 0.184 e. The molecule has 74 valence electrons. The summed E-state index contributed by atoms with van der Waals surface area (Å²) in [6.45, 7) is 0. The number of halogens is 1. The Morgan fingerprint density at radius 3 is 3.07 bits per heavy atom. The fourth-order valence-electron chi connectivity index (χ4n) is 0.936. The van der Waals surface area contributed by atoms with Gasteiger partial charge in [-0.1, -0.05) is 0 Å². The number of hydrogen-bond donors (Lipinski definition) is 0. The van der Waals surface area contributed by atoms with Crippen molar-refractivity contribution < 1.29 is 0 Å². The summed E-state index contributed by atoms with van der Waals surface area (Å²) < 4.78 is 1.88. The van der Waals surface area contributed by atoms with Crippen LogP contribution in [0, 0.1) is 0 Å². The third-order valence-electron chi connectivity index (χ3n) is 1.48. The minimum absolute atomic E-state index is 0.145. The highest BCUT2D eigenvalue weighted by atomic mass is 79.9. The number of rotatable bonds is 2. The Balaban J connectivity index is 2.62. The zero-order chi connectivity index (χ0) is 10.7. The van der Waals surface area contributed by atoms with E-state index in [2.05, 4.69) is 46.0 Å². The highest BCUT2D eigenvalue weighted by molar-refractivity contribution is 9.10. The summed E-state index contributed by atoms with van der Waals surface area (Å²) in [6.07, 6.45) is 4.22. The molecule has 0 aromatic carbocycles. The summed E-state index contributed by atoms with van der Waals surface area (Å²) in [6, 6.07) is 0. The first-order valence-corrected chi connectivity index (χ1v) is 4.53. The van der Waals surface area contributed by atoms with Crippen molar-refractivity contribution in [2.45, 2.75) is 0 Å². The zero-order valence-electron chi connectivity index (χ0n) is 7.19. The molecule has 0 aliphatic carbocycles. The van der Waals surface area contributed by atoms with Gasteiger partial charge in [-0.05, 0) is 26.6 Å². The van der Waals surface area contributed by atoms with Crippen LogP contribution >= 0.6 is 15.9 Å². The van der Waals surface area contributed by atoms with E-state index in [4.69, 9.17) is 5.53 Å². The molecule has 0 aliphatic heterocycles. The average Bonchev–Trinajstić information content (AvgIpc) is 2.74. The van der Waals surface area contributed by atoms with Gasteiger partial charge in [0.15, 0.2) is 11.6 Å². The third kappa shape index (κ3) is 1.92. The van der Waals surface area contributed by atoms with E-state index in [0.29, 0.717) is 10.4 Å². The Hall–Kier alpha value is -1.99. The Kier molecular flexibility index (Phi) is 2.57. The molecule has 0 unspecified atom stereocenters. The second-order valence-electron chi connectivity index (χ2n) is 2.37. The number of hydrogen-bond acceptors (Lipinski definition) is 5. The lowest BCUT2D eigenvalue weighted by molar-refractivity contribution is 0.831. The second kappa shape index (κ2) is 4.03. The number of nitrogens with zero attached hydrogens (tertiary/aromatic N) is 8. The molecule has 2 aromatic heterocycles. The fraction of sp³-hybridized carbons (Fsp3) is 0. The van der Waals surface area contributed by atoms with E-state index in [0.717, 1.165) is 0 Å². The maximum absolute atomic E-state index is 8.34. The van der Waals surface area contributed by atoms with E-state index >= 15 is 0 Å². The summed E-state index contributed by atoms with van der Waals surface area (Å²) in [7, 11) is 0. The minimum atomic E-state index is 0.145. The van der Waals surface area contributed by atoms with Gasteiger partial charge < -0.3 is 0 Å². The van der Waals surface area contributed by atoms with Crippen molar-refractivity contribution in [3.05, 3.63) is 33.9 Å². The van der Waals surface area contributed by atoms with Crippen molar-refractivity contribution in [3.63, 3.8) is 0 Å². The normalized spacial score (nSPS) is 9.67. The molecule has 0 spiro atoms. The highest BCUT2D eigenvalue weighted by Gasteiger charge is 2.07. The number of azide groups is 1. The molecule has 0 saturated carbocycles. The lowest BCUT2D eigenvalue weighted by Gasteiger charge is -2.01. The van der Waals surface area contributed by atoms with Gasteiger partial charge in [-0.2, -0.15) is 5.10 Å². The van der Waals surface area contributed by atoms with Crippen molar-refractivity contribution in [3.8, 4) is 5.82 Å². The fourth-order valence-corrected chi connectivity index (χ4v) is 1.21. The average molecular weight is 267 g/mol. The monoisotopic (exact) mass is 266 g/mol. The van der Waals surface area contributed by atoms with Crippen LogP contribution in [-0.2, 0) is 0 Å². The Bertz CT molecular complexity index is 514. The molecule has 0 bridgehead atoms. The van der Waals surface area contributed by atoms with Crippen molar-refractivity contribution in [2.75, 3.05) is 0 Å². The summed E-state index contributed by atoms with van der Waals surface area (Å²) in [5, 5.41) is 7.27. The zero-order valence-corrected chi connectivity index (χ0v) is 8.77. The van der Waals surface area contributed by atoms with Gasteiger partial charge in [-0.3, -0.25) is 0 Å². The van der Waals surface area contributed by atoms with E-state index in [-0.39, 0.29) is 5.82 Å². The van der Waals surface area contributed by atoms with Gasteiger partial charge in [-0.25, -0.2) is 19.6 Å². The van der Waals surface area contributed by atoms with Gasteiger partial charge in [0, 0.05) is 4.91 Å². The van der Waals surface area contributed by atoms with Crippen LogP contribution in [0.5, 0.6) is 0 Å². The second-order valence-corrected chi connectivity index (χ2v) is 3.18. The summed E-state index contributed by atoms with van der Waals surface area (Å²) in [5.41, 5.74) is 8.34. The van der Waals surface area contributed by atoms with E-state index in [9.17, 15) is 0 Å². The van der Waals surface area contributed by atoms with Gasteiger partial charge >= 0.3 is 0 Å². The predicted octanol–water partition coefficient (Wildman–Crippen LogP) is 1.76. The van der Waals surface area contributed by atoms with E-state index in [1.807, 2.05) is 0 Å². The van der Waals surface area contributed by atoms with Crippen molar-refractivity contribution in [1.29, 1.82) is 0 Å². The summed E-state index contributed by atoms with van der Waals surface area (Å²) >= 11 is 3.16. The van der Waals surface area contributed by atoms with Crippen molar-refractivity contribution in [1.82, 2.24) is 24.7 Å². The van der Waals surface area contributed by atoms with Crippen LogP contribution in [-0.4, -0.2) is 24.7 Å². The maximum Gasteiger partial charge on any atom is 0.184 e. The van der Waals surface area contributed by atoms with Gasteiger partial charge in [0.2, 0.25) is 0 Å². The minimum Gasteiger partial charge on any atom is -0.248 e. The molecule has 2 aromatic rings. The maximum atomic E-state index is 8.34. The molecule has 15 heavy (non-hydrogen) atoms.